The second kappa shape index (κ2) is 11.2. The van der Waals surface area contributed by atoms with E-state index in [2.05, 4.69) is 10.3 Å². The van der Waals surface area contributed by atoms with Gasteiger partial charge in [-0.15, -0.1) is 0 Å². The van der Waals surface area contributed by atoms with Gasteiger partial charge in [-0.2, -0.15) is 4.31 Å². The molecule has 0 radical (unpaired) electrons. The lowest BCUT2D eigenvalue weighted by Gasteiger charge is -2.70. The quantitative estimate of drug-likeness (QED) is 0.421. The van der Waals surface area contributed by atoms with Crippen molar-refractivity contribution < 1.29 is 31.9 Å². The van der Waals surface area contributed by atoms with E-state index in [1.165, 1.54) is 16.4 Å². The largest absolute Gasteiger partial charge is 0.378 e. The van der Waals surface area contributed by atoms with E-state index in [-0.39, 0.29) is 61.3 Å². The third kappa shape index (κ3) is 5.27. The Morgan fingerprint density at radius 1 is 1.11 bits per heavy atom. The molecule has 6 rings (SSSR count). The van der Waals surface area contributed by atoms with E-state index in [4.69, 9.17) is 4.74 Å². The summed E-state index contributed by atoms with van der Waals surface area (Å²) in [5.41, 5.74) is 0.920. The number of amides is 3. The van der Waals surface area contributed by atoms with Crippen molar-refractivity contribution in [2.75, 3.05) is 32.8 Å². The van der Waals surface area contributed by atoms with E-state index in [1.54, 1.807) is 41.0 Å². The van der Waals surface area contributed by atoms with Crippen LogP contribution < -0.4 is 5.32 Å². The number of ether oxygens (including phenoxy) is 1. The highest BCUT2D eigenvalue weighted by Crippen LogP contribution is 2.46. The fourth-order valence-corrected chi connectivity index (χ4v) is 8.66. The van der Waals surface area contributed by atoms with E-state index in [9.17, 15) is 27.2 Å². The molecule has 0 spiro atoms. The number of hydrogen-bond acceptors (Lipinski definition) is 6. The Morgan fingerprint density at radius 2 is 1.85 bits per heavy atom. The van der Waals surface area contributed by atoms with Gasteiger partial charge in [-0.25, -0.2) is 12.8 Å². The van der Waals surface area contributed by atoms with Gasteiger partial charge in [0.1, 0.15) is 23.6 Å². The van der Waals surface area contributed by atoms with Crippen molar-refractivity contribution in [2.24, 2.45) is 5.41 Å². The van der Waals surface area contributed by atoms with Crippen molar-refractivity contribution in [1.82, 2.24) is 24.4 Å². The molecule has 3 aromatic rings. The van der Waals surface area contributed by atoms with Crippen LogP contribution in [-0.4, -0.2) is 102 Å². The van der Waals surface area contributed by atoms with Gasteiger partial charge >= 0.3 is 0 Å². The molecule has 0 saturated carbocycles. The van der Waals surface area contributed by atoms with Gasteiger partial charge in [0.2, 0.25) is 21.8 Å². The minimum atomic E-state index is -3.97. The molecule has 11 nitrogen and oxygen atoms in total. The lowest BCUT2D eigenvalue weighted by Crippen LogP contribution is -2.89. The Kier molecular flexibility index (Phi) is 7.80. The number of morpholine rings is 1. The molecule has 3 amide bonds. The maximum Gasteiger partial charge on any atom is 0.268 e. The summed E-state index contributed by atoms with van der Waals surface area (Å²) in [6.45, 7) is 11.7. The standard InChI is InChI=1S/C33H40FN5O6S/c1-19-7-8-20(2)26(13-19)46(43,44)39-11-12-45-17-25(39)30(41)37-18-33(6)27(37)16-38(33)31(42)28(32(3,4)5)36-29(40)24-15-21-14-22(34)9-10-23(21)35-24/h7-10,13-15,25,27-28,35H,11-12,16-18H2,1-6H3,(H,36,40)/t25?,27-,28-,33?/m1/s1. The number of H-pyrrole nitrogens is 1. The molecule has 2 unspecified atom stereocenters. The highest BCUT2D eigenvalue weighted by Gasteiger charge is 2.66. The summed E-state index contributed by atoms with van der Waals surface area (Å²) in [7, 11) is -3.97. The molecule has 3 fully saturated rings. The van der Waals surface area contributed by atoms with Crippen LogP contribution in [0.4, 0.5) is 4.39 Å². The second-order valence-corrected chi connectivity index (χ2v) is 15.8. The minimum Gasteiger partial charge on any atom is -0.378 e. The summed E-state index contributed by atoms with van der Waals surface area (Å²) >= 11 is 0. The summed E-state index contributed by atoms with van der Waals surface area (Å²) in [5.74, 6) is -1.52. The first kappa shape index (κ1) is 32.1. The fraction of sp³-hybridized carbons (Fsp3) is 0.485. The average Bonchev–Trinajstić information content (AvgIpc) is 3.42. The summed E-state index contributed by atoms with van der Waals surface area (Å²) in [6.07, 6.45) is 0. The molecule has 4 atom stereocenters. The lowest BCUT2D eigenvalue weighted by molar-refractivity contribution is -0.210. The van der Waals surface area contributed by atoms with Crippen molar-refractivity contribution in [2.45, 2.75) is 70.1 Å². The Bertz CT molecular complexity index is 1850. The normalized spacial score (nSPS) is 24.2. The van der Waals surface area contributed by atoms with Crippen LogP contribution in [0.25, 0.3) is 10.9 Å². The average molecular weight is 654 g/mol. The number of carbonyl (C=O) groups excluding carboxylic acids is 3. The van der Waals surface area contributed by atoms with Crippen LogP contribution in [-0.2, 0) is 24.3 Å². The molecule has 246 valence electrons. The number of sulfonamides is 1. The highest BCUT2D eigenvalue weighted by molar-refractivity contribution is 7.89. The number of fused-ring (bicyclic) bond motifs is 2. The van der Waals surface area contributed by atoms with Crippen molar-refractivity contribution in [3.8, 4) is 0 Å². The molecule has 46 heavy (non-hydrogen) atoms. The van der Waals surface area contributed by atoms with Gasteiger partial charge in [-0.05, 0) is 67.6 Å². The first-order chi connectivity index (χ1) is 21.5. The number of nitrogens with one attached hydrogen (secondary N) is 2. The molecule has 0 aliphatic carbocycles. The van der Waals surface area contributed by atoms with Gasteiger partial charge in [0.15, 0.2) is 0 Å². The predicted molar refractivity (Wildman–Crippen MR) is 169 cm³/mol. The summed E-state index contributed by atoms with van der Waals surface area (Å²) < 4.78 is 48.1. The van der Waals surface area contributed by atoms with Crippen LogP contribution in [0.15, 0.2) is 47.4 Å². The Hall–Kier alpha value is -3.81. The summed E-state index contributed by atoms with van der Waals surface area (Å²) in [6, 6.07) is 8.78. The van der Waals surface area contributed by atoms with E-state index in [0.29, 0.717) is 16.5 Å². The van der Waals surface area contributed by atoms with Crippen LogP contribution in [0.3, 0.4) is 0 Å². The second-order valence-electron chi connectivity index (χ2n) is 14.0. The van der Waals surface area contributed by atoms with Gasteiger partial charge in [0.05, 0.1) is 29.7 Å². The zero-order valence-corrected chi connectivity index (χ0v) is 27.7. The number of aromatic nitrogens is 1. The summed E-state index contributed by atoms with van der Waals surface area (Å²) in [4.78, 5) is 47.6. The van der Waals surface area contributed by atoms with Gasteiger partial charge in [-0.1, -0.05) is 32.9 Å². The van der Waals surface area contributed by atoms with Gasteiger partial charge in [-0.3, -0.25) is 14.4 Å². The number of aryl methyl sites for hydroxylation is 2. The summed E-state index contributed by atoms with van der Waals surface area (Å²) in [5, 5.41) is 3.43. The number of hydrogen-bond donors (Lipinski definition) is 2. The van der Waals surface area contributed by atoms with Crippen LogP contribution >= 0.6 is 0 Å². The fourth-order valence-electron chi connectivity index (χ4n) is 6.80. The van der Waals surface area contributed by atoms with Crippen molar-refractivity contribution in [1.29, 1.82) is 0 Å². The Balaban J connectivity index is 1.16. The Morgan fingerprint density at radius 3 is 2.52 bits per heavy atom. The van der Waals surface area contributed by atoms with E-state index < -0.39 is 44.8 Å². The van der Waals surface area contributed by atoms with Crippen molar-refractivity contribution in [3.63, 3.8) is 0 Å². The molecular formula is C33H40FN5O6S. The molecular weight excluding hydrogens is 613 g/mol. The molecule has 2 aromatic carbocycles. The molecule has 3 saturated heterocycles. The molecule has 1 aromatic heterocycles. The lowest BCUT2D eigenvalue weighted by atomic mass is 9.70. The number of carbonyl (C=O) groups is 3. The number of nitrogens with zero attached hydrogens (tertiary/aromatic N) is 3. The molecule has 2 N–H and O–H groups in total. The van der Waals surface area contributed by atoms with Crippen LogP contribution in [0, 0.1) is 25.1 Å². The maximum absolute atomic E-state index is 14.0. The first-order valence-electron chi connectivity index (χ1n) is 15.4. The third-order valence-corrected chi connectivity index (χ3v) is 11.7. The predicted octanol–water partition coefficient (Wildman–Crippen LogP) is 2.97. The first-order valence-corrected chi connectivity index (χ1v) is 16.8. The number of rotatable bonds is 6. The SMILES string of the molecule is Cc1ccc(C)c(S(=O)(=O)N2CCOCC2C(=O)N2CC3(C)[C@H]2CN3C(=O)[C@@H](NC(=O)c2cc3cc(F)ccc3[nH]2)C(C)(C)C)c1. The number of aromatic amines is 1. The van der Waals surface area contributed by atoms with Crippen LogP contribution in [0.5, 0.6) is 0 Å². The number of piperazine rings is 1. The topological polar surface area (TPSA) is 132 Å². The van der Waals surface area contributed by atoms with Crippen molar-refractivity contribution >= 4 is 38.6 Å². The number of likely N-dealkylation sites (tertiary alicyclic amines) is 2. The minimum absolute atomic E-state index is 0.0516. The smallest absolute Gasteiger partial charge is 0.268 e. The number of halogens is 1. The Labute approximate surface area is 268 Å². The van der Waals surface area contributed by atoms with Gasteiger partial charge in [0.25, 0.3) is 5.91 Å². The van der Waals surface area contributed by atoms with E-state index >= 15 is 0 Å². The van der Waals surface area contributed by atoms with Crippen LogP contribution in [0.2, 0.25) is 0 Å². The monoisotopic (exact) mass is 653 g/mol. The van der Waals surface area contributed by atoms with E-state index in [0.717, 1.165) is 5.56 Å². The molecule has 3 aliphatic heterocycles. The highest BCUT2D eigenvalue weighted by atomic mass is 32.2. The molecule has 0 bridgehead atoms. The third-order valence-electron chi connectivity index (χ3n) is 9.62. The molecule has 13 heteroatoms. The zero-order valence-electron chi connectivity index (χ0n) is 26.9. The van der Waals surface area contributed by atoms with Crippen LogP contribution in [0.1, 0.15) is 49.3 Å². The van der Waals surface area contributed by atoms with E-state index in [1.807, 2.05) is 40.7 Å². The number of benzene rings is 2. The van der Waals surface area contributed by atoms with Gasteiger partial charge in [0, 0.05) is 30.5 Å². The zero-order chi connectivity index (χ0) is 33.3. The van der Waals surface area contributed by atoms with Gasteiger partial charge < -0.3 is 24.8 Å². The maximum atomic E-state index is 14.0. The molecule has 4 heterocycles. The van der Waals surface area contributed by atoms with Crippen molar-refractivity contribution in [3.05, 3.63) is 65.1 Å². The molecule has 3 aliphatic rings.